The van der Waals surface area contributed by atoms with Gasteiger partial charge in [-0.05, 0) is 30.3 Å². The molecule has 0 radical (unpaired) electrons. The molecule has 2 N–H and O–H groups in total. The summed E-state index contributed by atoms with van der Waals surface area (Å²) in [5, 5.41) is 3.51. The van der Waals surface area contributed by atoms with Crippen molar-refractivity contribution in [2.45, 2.75) is 6.54 Å². The van der Waals surface area contributed by atoms with Gasteiger partial charge in [-0.2, -0.15) is 0 Å². The molecule has 1 aromatic heterocycles. The molecule has 5 nitrogen and oxygen atoms in total. The number of hydrogen-bond acceptors (Lipinski definition) is 2. The third-order valence-electron chi connectivity index (χ3n) is 3.48. The van der Waals surface area contributed by atoms with E-state index in [1.54, 1.807) is 16.7 Å². The topological polar surface area (TPSA) is 66.9 Å². The monoisotopic (exact) mass is 349 g/mol. The van der Waals surface area contributed by atoms with E-state index in [-0.39, 0.29) is 11.6 Å². The molecule has 0 unspecified atom stereocenters. The van der Waals surface area contributed by atoms with E-state index in [2.05, 4.69) is 10.3 Å². The van der Waals surface area contributed by atoms with Crippen molar-refractivity contribution >= 4 is 40.1 Å². The van der Waals surface area contributed by atoms with Crippen molar-refractivity contribution < 1.29 is 4.79 Å². The molecule has 2 aromatic carbocycles. The van der Waals surface area contributed by atoms with Gasteiger partial charge >= 0.3 is 5.69 Å². The zero-order valence-corrected chi connectivity index (χ0v) is 13.5. The van der Waals surface area contributed by atoms with Crippen molar-refractivity contribution in [2.75, 3.05) is 6.54 Å². The Labute approximate surface area is 141 Å². The van der Waals surface area contributed by atoms with Gasteiger partial charge in [0.15, 0.2) is 0 Å². The summed E-state index contributed by atoms with van der Waals surface area (Å²) in [6, 6.07) is 12.1. The van der Waals surface area contributed by atoms with Crippen molar-refractivity contribution in [1.82, 2.24) is 14.9 Å². The second-order valence-electron chi connectivity index (χ2n) is 4.98. The summed E-state index contributed by atoms with van der Waals surface area (Å²) >= 11 is 11.8. The van der Waals surface area contributed by atoms with Crippen LogP contribution in [0.3, 0.4) is 0 Å². The normalized spacial score (nSPS) is 10.9. The maximum absolute atomic E-state index is 12.1. The average Bonchev–Trinajstić information content (AvgIpc) is 2.83. The molecule has 0 atom stereocenters. The molecular weight excluding hydrogens is 337 g/mol. The third-order valence-corrected chi connectivity index (χ3v) is 4.03. The van der Waals surface area contributed by atoms with E-state index >= 15 is 0 Å². The molecule has 1 heterocycles. The number of para-hydroxylation sites is 2. The number of aromatic nitrogens is 2. The van der Waals surface area contributed by atoms with Crippen LogP contribution in [0.4, 0.5) is 0 Å². The quantitative estimate of drug-likeness (QED) is 0.759. The Hall–Kier alpha value is -2.24. The van der Waals surface area contributed by atoms with Crippen molar-refractivity contribution in [3.63, 3.8) is 0 Å². The molecule has 0 fully saturated rings. The Morgan fingerprint density at radius 3 is 2.74 bits per heavy atom. The van der Waals surface area contributed by atoms with E-state index in [0.29, 0.717) is 28.7 Å². The summed E-state index contributed by atoms with van der Waals surface area (Å²) in [5.74, 6) is -0.306. The van der Waals surface area contributed by atoms with E-state index in [0.717, 1.165) is 11.0 Å². The lowest BCUT2D eigenvalue weighted by Crippen LogP contribution is -2.30. The number of carbonyl (C=O) groups is 1. The number of carbonyl (C=O) groups excluding carboxylic acids is 1. The second kappa shape index (κ2) is 6.48. The number of fused-ring (bicyclic) bond motifs is 1. The minimum Gasteiger partial charge on any atom is -0.350 e. The molecule has 1 amide bonds. The highest BCUT2D eigenvalue weighted by atomic mass is 35.5. The molecule has 0 spiro atoms. The van der Waals surface area contributed by atoms with Crippen LogP contribution < -0.4 is 11.0 Å². The van der Waals surface area contributed by atoms with Crippen LogP contribution >= 0.6 is 23.2 Å². The lowest BCUT2D eigenvalue weighted by molar-refractivity contribution is 0.0952. The standard InChI is InChI=1S/C16H13Cl2N3O2/c17-10-5-6-11(12(18)9-10)15(22)19-7-8-21-14-4-2-1-3-13(14)20-16(21)23/h1-6,9H,7-8H2,(H,19,22)(H,20,23). The van der Waals surface area contributed by atoms with Gasteiger partial charge in [0.2, 0.25) is 0 Å². The first kappa shape index (κ1) is 15.6. The fourth-order valence-corrected chi connectivity index (χ4v) is 2.87. The number of amides is 1. The molecular formula is C16H13Cl2N3O2. The van der Waals surface area contributed by atoms with Gasteiger partial charge in [0.25, 0.3) is 5.91 Å². The van der Waals surface area contributed by atoms with Crippen LogP contribution in [0.5, 0.6) is 0 Å². The molecule has 0 aliphatic rings. The van der Waals surface area contributed by atoms with Gasteiger partial charge in [-0.1, -0.05) is 35.3 Å². The fraction of sp³-hybridized carbons (Fsp3) is 0.125. The van der Waals surface area contributed by atoms with E-state index in [1.807, 2.05) is 24.3 Å². The van der Waals surface area contributed by atoms with E-state index < -0.39 is 0 Å². The van der Waals surface area contributed by atoms with Crippen LogP contribution in [-0.4, -0.2) is 22.0 Å². The first-order chi connectivity index (χ1) is 11.1. The average molecular weight is 350 g/mol. The number of imidazole rings is 1. The zero-order valence-electron chi connectivity index (χ0n) is 12.0. The molecule has 3 rings (SSSR count). The largest absolute Gasteiger partial charge is 0.350 e. The molecule has 0 saturated carbocycles. The predicted octanol–water partition coefficient (Wildman–Crippen LogP) is 3.07. The van der Waals surface area contributed by atoms with Crippen molar-refractivity contribution in [3.8, 4) is 0 Å². The molecule has 0 aliphatic heterocycles. The molecule has 7 heteroatoms. The lowest BCUT2D eigenvalue weighted by atomic mass is 10.2. The predicted molar refractivity (Wildman–Crippen MR) is 91.4 cm³/mol. The first-order valence-electron chi connectivity index (χ1n) is 6.97. The number of hydrogen-bond donors (Lipinski definition) is 2. The molecule has 0 bridgehead atoms. The van der Waals surface area contributed by atoms with Gasteiger partial charge in [-0.3, -0.25) is 9.36 Å². The minimum atomic E-state index is -0.306. The Morgan fingerprint density at radius 2 is 1.96 bits per heavy atom. The summed E-state index contributed by atoms with van der Waals surface area (Å²) < 4.78 is 1.58. The van der Waals surface area contributed by atoms with Gasteiger partial charge in [-0.15, -0.1) is 0 Å². The van der Waals surface area contributed by atoms with Crippen LogP contribution in [0.25, 0.3) is 11.0 Å². The lowest BCUT2D eigenvalue weighted by Gasteiger charge is -2.08. The summed E-state index contributed by atoms with van der Waals surface area (Å²) in [5.41, 5.74) is 1.72. The number of nitrogens with one attached hydrogen (secondary N) is 2. The third kappa shape index (κ3) is 3.25. The number of benzene rings is 2. The molecule has 23 heavy (non-hydrogen) atoms. The van der Waals surface area contributed by atoms with Gasteiger partial charge in [0.1, 0.15) is 0 Å². The van der Waals surface area contributed by atoms with Gasteiger partial charge in [0, 0.05) is 18.1 Å². The summed E-state index contributed by atoms with van der Waals surface area (Å²) in [7, 11) is 0. The van der Waals surface area contributed by atoms with E-state index in [4.69, 9.17) is 23.2 Å². The van der Waals surface area contributed by atoms with Gasteiger partial charge in [-0.25, -0.2) is 4.79 Å². The Kier molecular flexibility index (Phi) is 4.41. The Bertz CT molecular complexity index is 930. The number of aromatic amines is 1. The molecule has 3 aromatic rings. The van der Waals surface area contributed by atoms with Crippen LogP contribution in [-0.2, 0) is 6.54 Å². The van der Waals surface area contributed by atoms with Gasteiger partial charge in [0.05, 0.1) is 21.6 Å². The van der Waals surface area contributed by atoms with Crippen LogP contribution in [0.1, 0.15) is 10.4 Å². The van der Waals surface area contributed by atoms with Crippen molar-refractivity contribution in [2.24, 2.45) is 0 Å². The first-order valence-corrected chi connectivity index (χ1v) is 7.72. The SMILES string of the molecule is O=C(NCCn1c(=O)[nH]c2ccccc21)c1ccc(Cl)cc1Cl. The van der Waals surface area contributed by atoms with Crippen LogP contribution in [0.15, 0.2) is 47.3 Å². The van der Waals surface area contributed by atoms with Gasteiger partial charge < -0.3 is 10.3 Å². The van der Waals surface area contributed by atoms with Crippen LogP contribution in [0.2, 0.25) is 10.0 Å². The molecule has 118 valence electrons. The smallest absolute Gasteiger partial charge is 0.326 e. The second-order valence-corrected chi connectivity index (χ2v) is 5.82. The van der Waals surface area contributed by atoms with Crippen LogP contribution in [0, 0.1) is 0 Å². The number of rotatable bonds is 4. The summed E-state index contributed by atoms with van der Waals surface area (Å²) in [4.78, 5) is 26.8. The number of halogens is 2. The molecule has 0 saturated heterocycles. The minimum absolute atomic E-state index is 0.204. The number of H-pyrrole nitrogens is 1. The molecule has 0 aliphatic carbocycles. The van der Waals surface area contributed by atoms with E-state index in [9.17, 15) is 9.59 Å². The highest BCUT2D eigenvalue weighted by Crippen LogP contribution is 2.20. The maximum atomic E-state index is 12.1. The zero-order chi connectivity index (χ0) is 16.4. The highest BCUT2D eigenvalue weighted by molar-refractivity contribution is 6.36. The summed E-state index contributed by atoms with van der Waals surface area (Å²) in [6.45, 7) is 0.666. The van der Waals surface area contributed by atoms with Crippen molar-refractivity contribution in [1.29, 1.82) is 0 Å². The maximum Gasteiger partial charge on any atom is 0.326 e. The Morgan fingerprint density at radius 1 is 1.17 bits per heavy atom. The number of nitrogens with zero attached hydrogens (tertiary/aromatic N) is 1. The van der Waals surface area contributed by atoms with Crippen molar-refractivity contribution in [3.05, 3.63) is 68.6 Å². The van der Waals surface area contributed by atoms with E-state index in [1.165, 1.54) is 6.07 Å². The Balaban J connectivity index is 1.70. The highest BCUT2D eigenvalue weighted by Gasteiger charge is 2.11. The summed E-state index contributed by atoms with van der Waals surface area (Å²) in [6.07, 6.45) is 0. The fourth-order valence-electron chi connectivity index (χ4n) is 2.38.